The summed E-state index contributed by atoms with van der Waals surface area (Å²) in [7, 11) is 3.89. The van der Waals surface area contributed by atoms with Crippen LogP contribution in [-0.4, -0.2) is 20.7 Å². The van der Waals surface area contributed by atoms with Crippen molar-refractivity contribution in [2.75, 3.05) is 25.6 Å². The molecule has 0 radical (unpaired) electrons. The first-order valence-corrected chi connectivity index (χ1v) is 4.27. The van der Waals surface area contributed by atoms with Gasteiger partial charge in [-0.1, -0.05) is 0 Å². The van der Waals surface area contributed by atoms with Crippen LogP contribution in [0.2, 0.25) is 0 Å². The minimum Gasteiger partial charge on any atom is -0.377 e. The van der Waals surface area contributed by atoms with E-state index in [9.17, 15) is 4.39 Å². The molecule has 70 valence electrons. The second-order valence-electron chi connectivity index (χ2n) is 3.42. The van der Waals surface area contributed by atoms with Crippen LogP contribution < -0.4 is 4.90 Å². The smallest absolute Gasteiger partial charge is 0.123 e. The highest BCUT2D eigenvalue weighted by Gasteiger charge is 2.28. The van der Waals surface area contributed by atoms with Crippen LogP contribution in [0.5, 0.6) is 0 Å². The van der Waals surface area contributed by atoms with Crippen LogP contribution in [0, 0.1) is 5.82 Å². The molecule has 3 heteroatoms. The molecule has 0 spiro atoms. The largest absolute Gasteiger partial charge is 0.377 e. The Hall–Kier alpha value is -1.09. The van der Waals surface area contributed by atoms with Crippen molar-refractivity contribution >= 4 is 5.69 Å². The summed E-state index contributed by atoms with van der Waals surface area (Å²) in [6, 6.07) is 4.81. The first-order valence-electron chi connectivity index (χ1n) is 4.27. The third kappa shape index (κ3) is 1.65. The Morgan fingerprint density at radius 3 is 2.69 bits per heavy atom. The molecule has 1 aliphatic heterocycles. The number of rotatable bonds is 2. The lowest BCUT2D eigenvalue weighted by Crippen LogP contribution is -2.11. The predicted octanol–water partition coefficient (Wildman–Crippen LogP) is 1.96. The normalized spacial score (nSPS) is 20.1. The maximum Gasteiger partial charge on any atom is 0.123 e. The number of hydrogen-bond donors (Lipinski definition) is 0. The van der Waals surface area contributed by atoms with Crippen molar-refractivity contribution in [3.05, 3.63) is 29.6 Å². The molecular weight excluding hydrogens is 169 g/mol. The van der Waals surface area contributed by atoms with E-state index in [4.69, 9.17) is 4.74 Å². The minimum atomic E-state index is -0.198. The number of hydrogen-bond acceptors (Lipinski definition) is 2. The highest BCUT2D eigenvalue weighted by atomic mass is 19.1. The van der Waals surface area contributed by atoms with Crippen molar-refractivity contribution in [2.45, 2.75) is 6.10 Å². The summed E-state index contributed by atoms with van der Waals surface area (Å²) in [5.41, 5.74) is 1.98. The molecule has 0 aromatic heterocycles. The van der Waals surface area contributed by atoms with Crippen LogP contribution in [0.25, 0.3) is 0 Å². The van der Waals surface area contributed by atoms with Gasteiger partial charge in [-0.3, -0.25) is 0 Å². The van der Waals surface area contributed by atoms with E-state index in [0.717, 1.165) is 11.3 Å². The molecule has 1 aromatic carbocycles. The van der Waals surface area contributed by atoms with E-state index in [1.165, 1.54) is 6.07 Å². The second-order valence-corrected chi connectivity index (χ2v) is 3.42. The molecule has 13 heavy (non-hydrogen) atoms. The monoisotopic (exact) mass is 181 g/mol. The van der Waals surface area contributed by atoms with Crippen molar-refractivity contribution in [2.24, 2.45) is 0 Å². The number of nitrogens with zero attached hydrogens (tertiary/aromatic N) is 1. The Morgan fingerprint density at radius 1 is 1.46 bits per heavy atom. The highest BCUT2D eigenvalue weighted by Crippen LogP contribution is 2.36. The van der Waals surface area contributed by atoms with Crippen LogP contribution in [0.1, 0.15) is 11.7 Å². The summed E-state index contributed by atoms with van der Waals surface area (Å²) in [5, 5.41) is 0. The number of epoxide rings is 1. The topological polar surface area (TPSA) is 15.8 Å². The van der Waals surface area contributed by atoms with Crippen molar-refractivity contribution in [3.8, 4) is 0 Å². The average molecular weight is 181 g/mol. The molecule has 2 rings (SSSR count). The maximum absolute atomic E-state index is 12.9. The standard InChI is InChI=1S/C10H12FNO/c1-12(2)9-4-3-7(11)5-8(9)10-6-13-10/h3-5,10H,6H2,1-2H3. The molecule has 0 N–H and O–H groups in total. The van der Waals surface area contributed by atoms with Crippen LogP contribution in [0.4, 0.5) is 10.1 Å². The van der Waals surface area contributed by atoms with Crippen LogP contribution in [0.3, 0.4) is 0 Å². The zero-order valence-electron chi connectivity index (χ0n) is 7.75. The Labute approximate surface area is 76.9 Å². The fraction of sp³-hybridized carbons (Fsp3) is 0.400. The predicted molar refractivity (Wildman–Crippen MR) is 49.4 cm³/mol. The van der Waals surface area contributed by atoms with Gasteiger partial charge in [-0.05, 0) is 18.2 Å². The number of halogens is 1. The van der Waals surface area contributed by atoms with E-state index in [0.29, 0.717) is 6.61 Å². The van der Waals surface area contributed by atoms with Gasteiger partial charge in [-0.25, -0.2) is 4.39 Å². The van der Waals surface area contributed by atoms with E-state index in [2.05, 4.69) is 0 Å². The van der Waals surface area contributed by atoms with E-state index < -0.39 is 0 Å². The van der Waals surface area contributed by atoms with Crippen molar-refractivity contribution in [3.63, 3.8) is 0 Å². The summed E-state index contributed by atoms with van der Waals surface area (Å²) >= 11 is 0. The quantitative estimate of drug-likeness (QED) is 0.648. The number of ether oxygens (including phenoxy) is 1. The molecule has 1 saturated heterocycles. The zero-order valence-corrected chi connectivity index (χ0v) is 7.75. The fourth-order valence-corrected chi connectivity index (χ4v) is 1.42. The second kappa shape index (κ2) is 3.00. The van der Waals surface area contributed by atoms with Crippen molar-refractivity contribution in [1.82, 2.24) is 0 Å². The highest BCUT2D eigenvalue weighted by molar-refractivity contribution is 5.54. The lowest BCUT2D eigenvalue weighted by atomic mass is 10.1. The molecule has 1 unspecified atom stereocenters. The molecule has 1 aromatic rings. The van der Waals surface area contributed by atoms with Crippen LogP contribution in [-0.2, 0) is 4.74 Å². The number of benzene rings is 1. The van der Waals surface area contributed by atoms with Crippen LogP contribution in [0.15, 0.2) is 18.2 Å². The van der Waals surface area contributed by atoms with Gasteiger partial charge in [-0.2, -0.15) is 0 Å². The molecular formula is C10H12FNO. The lowest BCUT2D eigenvalue weighted by Gasteiger charge is -2.16. The molecule has 2 nitrogen and oxygen atoms in total. The van der Waals surface area contributed by atoms with E-state index in [-0.39, 0.29) is 11.9 Å². The Morgan fingerprint density at radius 2 is 2.15 bits per heavy atom. The van der Waals surface area contributed by atoms with Gasteiger partial charge in [0.1, 0.15) is 11.9 Å². The van der Waals surface area contributed by atoms with E-state index in [1.807, 2.05) is 19.0 Å². The Balaban J connectivity index is 2.42. The molecule has 0 bridgehead atoms. The third-order valence-electron chi connectivity index (χ3n) is 2.15. The first-order chi connectivity index (χ1) is 6.18. The average Bonchev–Trinajstić information content (AvgIpc) is 2.85. The van der Waals surface area contributed by atoms with Gasteiger partial charge in [-0.15, -0.1) is 0 Å². The third-order valence-corrected chi connectivity index (χ3v) is 2.15. The van der Waals surface area contributed by atoms with Gasteiger partial charge < -0.3 is 9.64 Å². The molecule has 1 aliphatic rings. The summed E-state index contributed by atoms with van der Waals surface area (Å²) in [4.78, 5) is 1.97. The summed E-state index contributed by atoms with van der Waals surface area (Å²) < 4.78 is 18.1. The molecule has 0 aliphatic carbocycles. The van der Waals surface area contributed by atoms with Crippen LogP contribution >= 0.6 is 0 Å². The lowest BCUT2D eigenvalue weighted by molar-refractivity contribution is 0.415. The van der Waals surface area contributed by atoms with Gasteiger partial charge in [0.15, 0.2) is 0 Å². The number of anilines is 1. The molecule has 1 fully saturated rings. The van der Waals surface area contributed by atoms with Crippen molar-refractivity contribution < 1.29 is 9.13 Å². The first kappa shape index (κ1) is 8.51. The Bertz CT molecular complexity index is 321. The van der Waals surface area contributed by atoms with Gasteiger partial charge in [0.05, 0.1) is 6.61 Å². The summed E-state index contributed by atoms with van der Waals surface area (Å²) in [6.07, 6.45) is 0.105. The molecule has 1 heterocycles. The SMILES string of the molecule is CN(C)c1ccc(F)cc1C1CO1. The van der Waals surface area contributed by atoms with E-state index >= 15 is 0 Å². The fourth-order valence-electron chi connectivity index (χ4n) is 1.42. The van der Waals surface area contributed by atoms with Crippen molar-refractivity contribution in [1.29, 1.82) is 0 Å². The molecule has 0 saturated carbocycles. The molecule has 0 amide bonds. The van der Waals surface area contributed by atoms with E-state index in [1.54, 1.807) is 12.1 Å². The van der Waals surface area contributed by atoms with Gasteiger partial charge >= 0.3 is 0 Å². The van der Waals surface area contributed by atoms with Gasteiger partial charge in [0.25, 0.3) is 0 Å². The van der Waals surface area contributed by atoms with Gasteiger partial charge in [0.2, 0.25) is 0 Å². The minimum absolute atomic E-state index is 0.105. The Kier molecular flexibility index (Phi) is 1.96. The maximum atomic E-state index is 12.9. The summed E-state index contributed by atoms with van der Waals surface area (Å²) in [6.45, 7) is 0.713. The molecule has 1 atom stereocenters. The zero-order chi connectivity index (χ0) is 9.42. The summed E-state index contributed by atoms with van der Waals surface area (Å²) in [5.74, 6) is -0.198. The van der Waals surface area contributed by atoms with Gasteiger partial charge in [0, 0.05) is 25.3 Å².